The van der Waals surface area contributed by atoms with Crippen molar-refractivity contribution in [2.45, 2.75) is 19.4 Å². The number of anilines is 1. The SMILES string of the molecule is C[C@@H](OC(=O)CCOc1ccccc1)C(=O)c1ccc(NS(C)(=O)=O)cc1. The summed E-state index contributed by atoms with van der Waals surface area (Å²) in [5, 5.41) is 0. The molecule has 0 fully saturated rings. The number of esters is 1. The van der Waals surface area contributed by atoms with E-state index in [0.717, 1.165) is 6.26 Å². The zero-order valence-corrected chi connectivity index (χ0v) is 15.9. The molecule has 0 heterocycles. The Balaban J connectivity index is 1.82. The molecular weight excluding hydrogens is 370 g/mol. The van der Waals surface area contributed by atoms with Gasteiger partial charge in [-0.1, -0.05) is 18.2 Å². The normalized spacial score (nSPS) is 12.1. The number of hydrogen-bond donors (Lipinski definition) is 1. The van der Waals surface area contributed by atoms with Crippen LogP contribution in [-0.4, -0.2) is 39.1 Å². The van der Waals surface area contributed by atoms with Crippen LogP contribution in [0.25, 0.3) is 0 Å². The number of para-hydroxylation sites is 1. The zero-order valence-electron chi connectivity index (χ0n) is 15.0. The molecule has 0 spiro atoms. The standard InChI is InChI=1S/C19H21NO6S/c1-14(26-18(21)12-13-25-17-6-4-3-5-7-17)19(22)15-8-10-16(11-9-15)20-27(2,23)24/h3-11,14,20H,12-13H2,1-2H3/t14-/m1/s1. The van der Waals surface area contributed by atoms with E-state index in [4.69, 9.17) is 9.47 Å². The molecule has 7 nitrogen and oxygen atoms in total. The van der Waals surface area contributed by atoms with E-state index in [0.29, 0.717) is 17.0 Å². The van der Waals surface area contributed by atoms with Gasteiger partial charge in [0.2, 0.25) is 15.8 Å². The molecule has 1 N–H and O–H groups in total. The molecule has 0 aliphatic carbocycles. The second-order valence-corrected chi connectivity index (χ2v) is 7.61. The maximum atomic E-state index is 12.3. The summed E-state index contributed by atoms with van der Waals surface area (Å²) >= 11 is 0. The van der Waals surface area contributed by atoms with E-state index < -0.39 is 22.1 Å². The van der Waals surface area contributed by atoms with Gasteiger partial charge in [-0.3, -0.25) is 14.3 Å². The van der Waals surface area contributed by atoms with Crippen LogP contribution in [0.4, 0.5) is 5.69 Å². The molecule has 2 aromatic rings. The van der Waals surface area contributed by atoms with E-state index in [-0.39, 0.29) is 18.8 Å². The highest BCUT2D eigenvalue weighted by Gasteiger charge is 2.19. The van der Waals surface area contributed by atoms with Gasteiger partial charge in [-0.25, -0.2) is 8.42 Å². The van der Waals surface area contributed by atoms with Crippen molar-refractivity contribution in [2.24, 2.45) is 0 Å². The zero-order chi connectivity index (χ0) is 19.9. The lowest BCUT2D eigenvalue weighted by atomic mass is 10.1. The minimum Gasteiger partial charge on any atom is -0.493 e. The van der Waals surface area contributed by atoms with Crippen LogP contribution in [0.2, 0.25) is 0 Å². The number of Topliss-reactive ketones (excluding diaryl/α,β-unsaturated/α-hetero) is 1. The van der Waals surface area contributed by atoms with Crippen molar-refractivity contribution < 1.29 is 27.5 Å². The van der Waals surface area contributed by atoms with Gasteiger partial charge in [0.25, 0.3) is 0 Å². The van der Waals surface area contributed by atoms with Crippen LogP contribution < -0.4 is 9.46 Å². The number of ether oxygens (including phenoxy) is 2. The fraction of sp³-hybridized carbons (Fsp3) is 0.263. The molecule has 0 saturated carbocycles. The van der Waals surface area contributed by atoms with E-state index >= 15 is 0 Å². The topological polar surface area (TPSA) is 98.8 Å². The summed E-state index contributed by atoms with van der Waals surface area (Å²) in [6.07, 6.45) is 0.0988. The lowest BCUT2D eigenvalue weighted by molar-refractivity contribution is -0.146. The van der Waals surface area contributed by atoms with Crippen LogP contribution >= 0.6 is 0 Å². The summed E-state index contributed by atoms with van der Waals surface area (Å²) in [4.78, 5) is 24.2. The highest BCUT2D eigenvalue weighted by atomic mass is 32.2. The van der Waals surface area contributed by atoms with E-state index in [1.165, 1.54) is 31.2 Å². The molecule has 0 aromatic heterocycles. The van der Waals surface area contributed by atoms with Crippen LogP contribution in [0.3, 0.4) is 0 Å². The number of carbonyl (C=O) groups is 2. The van der Waals surface area contributed by atoms with Gasteiger partial charge < -0.3 is 9.47 Å². The van der Waals surface area contributed by atoms with Gasteiger partial charge in [0, 0.05) is 11.3 Å². The molecular formula is C19H21NO6S. The van der Waals surface area contributed by atoms with Gasteiger partial charge in [-0.05, 0) is 43.3 Å². The van der Waals surface area contributed by atoms with E-state index in [2.05, 4.69) is 4.72 Å². The summed E-state index contributed by atoms with van der Waals surface area (Å²) in [6.45, 7) is 1.64. The first kappa shape index (κ1) is 20.4. The molecule has 2 rings (SSSR count). The first-order valence-electron chi connectivity index (χ1n) is 8.24. The van der Waals surface area contributed by atoms with Crippen molar-refractivity contribution in [3.8, 4) is 5.75 Å². The first-order valence-corrected chi connectivity index (χ1v) is 10.1. The second-order valence-electron chi connectivity index (χ2n) is 5.86. The number of ketones is 1. The predicted molar refractivity (Wildman–Crippen MR) is 101 cm³/mol. The average Bonchev–Trinajstić information content (AvgIpc) is 2.61. The van der Waals surface area contributed by atoms with Gasteiger partial charge in [0.1, 0.15) is 5.75 Å². The van der Waals surface area contributed by atoms with Crippen LogP contribution in [-0.2, 0) is 19.6 Å². The minimum atomic E-state index is -3.39. The molecule has 0 amide bonds. The summed E-state index contributed by atoms with van der Waals surface area (Å²) in [6, 6.07) is 14.9. The quantitative estimate of drug-likeness (QED) is 0.521. The number of hydrogen-bond acceptors (Lipinski definition) is 6. The number of nitrogens with one attached hydrogen (secondary N) is 1. The van der Waals surface area contributed by atoms with Crippen LogP contribution in [0, 0.1) is 0 Å². The maximum Gasteiger partial charge on any atom is 0.309 e. The third kappa shape index (κ3) is 7.10. The predicted octanol–water partition coefficient (Wildman–Crippen LogP) is 2.64. The molecule has 1 atom stereocenters. The Morgan fingerprint density at radius 2 is 1.67 bits per heavy atom. The minimum absolute atomic E-state index is 0.0176. The third-order valence-electron chi connectivity index (χ3n) is 3.47. The average molecular weight is 391 g/mol. The summed E-state index contributed by atoms with van der Waals surface area (Å²) in [7, 11) is -3.39. The molecule has 27 heavy (non-hydrogen) atoms. The largest absolute Gasteiger partial charge is 0.493 e. The number of rotatable bonds is 9. The number of carbonyl (C=O) groups excluding carboxylic acids is 2. The lowest BCUT2D eigenvalue weighted by Crippen LogP contribution is -2.25. The van der Waals surface area contributed by atoms with Crippen molar-refractivity contribution in [2.75, 3.05) is 17.6 Å². The Kier molecular flexibility index (Phi) is 6.95. The van der Waals surface area contributed by atoms with Gasteiger partial charge in [0.05, 0.1) is 19.3 Å². The monoisotopic (exact) mass is 391 g/mol. The Morgan fingerprint density at radius 3 is 2.26 bits per heavy atom. The van der Waals surface area contributed by atoms with Gasteiger partial charge >= 0.3 is 5.97 Å². The van der Waals surface area contributed by atoms with Crippen LogP contribution in [0.5, 0.6) is 5.75 Å². The lowest BCUT2D eigenvalue weighted by Gasteiger charge is -2.13. The van der Waals surface area contributed by atoms with Crippen molar-refractivity contribution in [3.63, 3.8) is 0 Å². The molecule has 8 heteroatoms. The molecule has 0 saturated heterocycles. The Hall–Kier alpha value is -2.87. The first-order chi connectivity index (χ1) is 12.7. The Labute approximate surface area is 158 Å². The molecule has 144 valence electrons. The molecule has 0 aliphatic heterocycles. The van der Waals surface area contributed by atoms with Crippen LogP contribution in [0.1, 0.15) is 23.7 Å². The van der Waals surface area contributed by atoms with Crippen LogP contribution in [0.15, 0.2) is 54.6 Å². The van der Waals surface area contributed by atoms with E-state index in [1.807, 2.05) is 18.2 Å². The third-order valence-corrected chi connectivity index (χ3v) is 4.07. The highest BCUT2D eigenvalue weighted by molar-refractivity contribution is 7.92. The fourth-order valence-electron chi connectivity index (χ4n) is 2.23. The van der Waals surface area contributed by atoms with Gasteiger partial charge in [0.15, 0.2) is 6.10 Å². The summed E-state index contributed by atoms with van der Waals surface area (Å²) in [5.41, 5.74) is 0.659. The van der Waals surface area contributed by atoms with Gasteiger partial charge in [-0.15, -0.1) is 0 Å². The van der Waals surface area contributed by atoms with Crippen molar-refractivity contribution >= 4 is 27.5 Å². The fourth-order valence-corrected chi connectivity index (χ4v) is 2.79. The van der Waals surface area contributed by atoms with Crippen molar-refractivity contribution in [1.29, 1.82) is 0 Å². The number of benzene rings is 2. The van der Waals surface area contributed by atoms with Crippen molar-refractivity contribution in [3.05, 3.63) is 60.2 Å². The number of sulfonamides is 1. The summed E-state index contributed by atoms with van der Waals surface area (Å²) in [5.74, 6) is -0.266. The van der Waals surface area contributed by atoms with Gasteiger partial charge in [-0.2, -0.15) is 0 Å². The Morgan fingerprint density at radius 1 is 1.04 bits per heavy atom. The van der Waals surface area contributed by atoms with E-state index in [9.17, 15) is 18.0 Å². The molecule has 0 aliphatic rings. The van der Waals surface area contributed by atoms with Crippen molar-refractivity contribution in [1.82, 2.24) is 0 Å². The molecule has 0 bridgehead atoms. The molecule has 0 unspecified atom stereocenters. The Bertz CT molecular complexity index is 878. The highest BCUT2D eigenvalue weighted by Crippen LogP contribution is 2.14. The molecule has 0 radical (unpaired) electrons. The maximum absolute atomic E-state index is 12.3. The summed E-state index contributed by atoms with van der Waals surface area (Å²) < 4.78 is 35.2. The van der Waals surface area contributed by atoms with E-state index in [1.54, 1.807) is 12.1 Å². The molecule has 2 aromatic carbocycles. The smallest absolute Gasteiger partial charge is 0.309 e. The second kappa shape index (κ2) is 9.18.